The summed E-state index contributed by atoms with van der Waals surface area (Å²) in [6.07, 6.45) is 0. The van der Waals surface area contributed by atoms with Crippen molar-refractivity contribution in [3.63, 3.8) is 0 Å². The maximum atomic E-state index is 13.0. The average Bonchev–Trinajstić information content (AvgIpc) is 2.83. The highest BCUT2D eigenvalue weighted by atomic mass is 79.9. The van der Waals surface area contributed by atoms with E-state index in [-0.39, 0.29) is 22.3 Å². The summed E-state index contributed by atoms with van der Waals surface area (Å²) >= 11 is 4.45. The van der Waals surface area contributed by atoms with Crippen LogP contribution in [0.15, 0.2) is 45.4 Å². The zero-order chi connectivity index (χ0) is 26.6. The number of amides is 2. The fourth-order valence-electron chi connectivity index (χ4n) is 4.25. The average molecular weight is 572 g/mol. The van der Waals surface area contributed by atoms with Gasteiger partial charge in [-0.3, -0.25) is 14.4 Å². The molecule has 2 amide bonds. The zero-order valence-electron chi connectivity index (χ0n) is 20.5. The number of benzene rings is 2. The van der Waals surface area contributed by atoms with Crippen molar-refractivity contribution >= 4 is 51.2 Å². The second-order valence-electron chi connectivity index (χ2n) is 8.33. The van der Waals surface area contributed by atoms with Crippen molar-refractivity contribution in [1.82, 2.24) is 5.32 Å². The molecule has 0 radical (unpaired) electrons. The highest BCUT2D eigenvalue weighted by molar-refractivity contribution is 9.10. The molecule has 0 aromatic heterocycles. The van der Waals surface area contributed by atoms with Crippen LogP contribution in [-0.4, -0.2) is 37.8 Å². The van der Waals surface area contributed by atoms with E-state index in [4.69, 9.17) is 9.47 Å². The van der Waals surface area contributed by atoms with Crippen LogP contribution in [0.1, 0.15) is 28.2 Å². The van der Waals surface area contributed by atoms with E-state index >= 15 is 0 Å². The zero-order valence-corrected chi connectivity index (χ0v) is 22.9. The largest absolute Gasteiger partial charge is 0.496 e. The summed E-state index contributed by atoms with van der Waals surface area (Å²) in [5.41, 5.74) is 4.45. The number of nitrogens with zero attached hydrogens (tertiary/aromatic N) is 1. The maximum Gasteiger partial charge on any atom is 0.319 e. The third-order valence-corrected chi connectivity index (χ3v) is 7.44. The molecule has 10 heteroatoms. The van der Waals surface area contributed by atoms with E-state index in [1.165, 1.54) is 14.2 Å². The maximum absolute atomic E-state index is 13.0. The molecule has 0 unspecified atom stereocenters. The van der Waals surface area contributed by atoms with Gasteiger partial charge in [0.05, 0.1) is 41.1 Å². The molecule has 1 heterocycles. The van der Waals surface area contributed by atoms with E-state index in [1.807, 2.05) is 32.9 Å². The minimum absolute atomic E-state index is 0.0462. The van der Waals surface area contributed by atoms with Crippen LogP contribution in [-0.2, 0) is 19.1 Å². The predicted molar refractivity (Wildman–Crippen MR) is 141 cm³/mol. The molecule has 1 aliphatic heterocycles. The van der Waals surface area contributed by atoms with E-state index < -0.39 is 23.7 Å². The second kappa shape index (κ2) is 11.6. The first-order chi connectivity index (χ1) is 17.1. The Labute approximate surface area is 222 Å². The molecule has 0 bridgehead atoms. The number of carbonyl (C=O) groups is 3. The molecule has 0 aliphatic carbocycles. The van der Waals surface area contributed by atoms with Gasteiger partial charge < -0.3 is 20.1 Å². The topological polar surface area (TPSA) is 118 Å². The Balaban J connectivity index is 1.93. The summed E-state index contributed by atoms with van der Waals surface area (Å²) in [5, 5.41) is 15.8. The second-order valence-corrected chi connectivity index (χ2v) is 10.2. The molecule has 8 nitrogen and oxygen atoms in total. The molecular formula is C26H26BrN3O5S. The van der Waals surface area contributed by atoms with Gasteiger partial charge in [0.1, 0.15) is 11.7 Å². The van der Waals surface area contributed by atoms with E-state index in [0.29, 0.717) is 15.8 Å². The molecule has 1 aliphatic rings. The molecule has 0 saturated heterocycles. The molecular weight excluding hydrogens is 546 g/mol. The smallest absolute Gasteiger partial charge is 0.319 e. The van der Waals surface area contributed by atoms with Gasteiger partial charge in [0.2, 0.25) is 11.8 Å². The van der Waals surface area contributed by atoms with Gasteiger partial charge in [0, 0.05) is 11.6 Å². The number of ether oxygens (including phenoxy) is 2. The Hall–Kier alpha value is -3.29. The molecule has 2 aromatic carbocycles. The SMILES string of the molecule is COC(=O)[C@@H]1C(=O)NC(SCC(=O)Nc2c(C)cc(C)cc2C)=C(C#N)[C@@H]1c1ccc(OC)c(Br)c1. The molecule has 0 spiro atoms. The Morgan fingerprint density at radius 1 is 1.17 bits per heavy atom. The number of methoxy groups -OCH3 is 2. The first-order valence-electron chi connectivity index (χ1n) is 11.0. The monoisotopic (exact) mass is 571 g/mol. The lowest BCUT2D eigenvalue weighted by Gasteiger charge is -2.31. The van der Waals surface area contributed by atoms with Gasteiger partial charge >= 0.3 is 5.97 Å². The van der Waals surface area contributed by atoms with Crippen LogP contribution < -0.4 is 15.4 Å². The molecule has 2 aromatic rings. The van der Waals surface area contributed by atoms with Crippen molar-refractivity contribution in [2.45, 2.75) is 26.7 Å². The van der Waals surface area contributed by atoms with Crippen LogP contribution in [0.2, 0.25) is 0 Å². The van der Waals surface area contributed by atoms with Gasteiger partial charge in [-0.25, -0.2) is 0 Å². The van der Waals surface area contributed by atoms with Gasteiger partial charge in [0.15, 0.2) is 0 Å². The lowest BCUT2D eigenvalue weighted by Crippen LogP contribution is -2.44. The molecule has 188 valence electrons. The molecule has 2 N–H and O–H groups in total. The van der Waals surface area contributed by atoms with Crippen LogP contribution in [0.25, 0.3) is 0 Å². The number of halogens is 1. The highest BCUT2D eigenvalue weighted by Crippen LogP contribution is 2.42. The Morgan fingerprint density at radius 2 is 1.83 bits per heavy atom. The van der Waals surface area contributed by atoms with Gasteiger partial charge in [-0.2, -0.15) is 5.26 Å². The molecule has 0 fully saturated rings. The third-order valence-electron chi connectivity index (χ3n) is 5.81. The van der Waals surface area contributed by atoms with E-state index in [1.54, 1.807) is 18.2 Å². The number of anilines is 1. The lowest BCUT2D eigenvalue weighted by atomic mass is 9.78. The number of nitriles is 1. The van der Waals surface area contributed by atoms with Crippen molar-refractivity contribution < 1.29 is 23.9 Å². The number of thioether (sulfide) groups is 1. The number of nitrogens with one attached hydrogen (secondary N) is 2. The summed E-state index contributed by atoms with van der Waals surface area (Å²) in [7, 11) is 2.71. The fourth-order valence-corrected chi connectivity index (χ4v) is 5.65. The van der Waals surface area contributed by atoms with Gasteiger partial charge in [0.25, 0.3) is 0 Å². The molecule has 3 rings (SSSR count). The van der Waals surface area contributed by atoms with E-state index in [9.17, 15) is 19.6 Å². The van der Waals surface area contributed by atoms with Crippen molar-refractivity contribution in [3.8, 4) is 11.8 Å². The predicted octanol–water partition coefficient (Wildman–Crippen LogP) is 4.49. The number of allylic oxidation sites excluding steroid dienone is 1. The normalized spacial score (nSPS) is 17.2. The standard InChI is InChI=1S/C26H26BrN3O5S/c1-13-8-14(2)23(15(3)9-13)29-20(31)12-36-25-17(11-28)21(22(24(32)30-25)26(33)35-5)16-6-7-19(34-4)18(27)10-16/h6-10,21-22H,12H2,1-5H3,(H,29,31)(H,30,32)/t21-,22-/m0/s1. The van der Waals surface area contributed by atoms with Crippen LogP contribution in [0.3, 0.4) is 0 Å². The summed E-state index contributed by atoms with van der Waals surface area (Å²) < 4.78 is 10.7. The molecule has 0 saturated carbocycles. The van der Waals surface area contributed by atoms with Crippen LogP contribution >= 0.6 is 27.7 Å². The Kier molecular flexibility index (Phi) is 8.82. The number of aryl methyl sites for hydroxylation is 3. The van der Waals surface area contributed by atoms with Gasteiger partial charge in [-0.15, -0.1) is 0 Å². The van der Waals surface area contributed by atoms with E-state index in [2.05, 4.69) is 32.6 Å². The van der Waals surface area contributed by atoms with Gasteiger partial charge in [-0.1, -0.05) is 35.5 Å². The number of esters is 1. The molecule has 36 heavy (non-hydrogen) atoms. The van der Waals surface area contributed by atoms with E-state index in [0.717, 1.165) is 34.1 Å². The first kappa shape index (κ1) is 27.3. The number of hydrogen-bond donors (Lipinski definition) is 2. The van der Waals surface area contributed by atoms with Crippen molar-refractivity contribution in [1.29, 1.82) is 5.26 Å². The molecule has 2 atom stereocenters. The Bertz CT molecular complexity index is 1280. The lowest BCUT2D eigenvalue weighted by molar-refractivity contribution is -0.150. The summed E-state index contributed by atoms with van der Waals surface area (Å²) in [6, 6.07) is 11.2. The van der Waals surface area contributed by atoms with Crippen LogP contribution in [0, 0.1) is 38.0 Å². The first-order valence-corrected chi connectivity index (χ1v) is 12.8. The third kappa shape index (κ3) is 5.74. The number of carbonyl (C=O) groups excluding carboxylic acids is 3. The minimum Gasteiger partial charge on any atom is -0.496 e. The van der Waals surface area contributed by atoms with Crippen LogP contribution in [0.5, 0.6) is 5.75 Å². The van der Waals surface area contributed by atoms with Crippen molar-refractivity contribution in [2.24, 2.45) is 5.92 Å². The quantitative estimate of drug-likeness (QED) is 0.371. The summed E-state index contributed by atoms with van der Waals surface area (Å²) in [4.78, 5) is 38.3. The summed E-state index contributed by atoms with van der Waals surface area (Å²) in [6.45, 7) is 5.83. The Morgan fingerprint density at radius 3 is 2.39 bits per heavy atom. The summed E-state index contributed by atoms with van der Waals surface area (Å²) in [5.74, 6) is -3.30. The van der Waals surface area contributed by atoms with Crippen LogP contribution in [0.4, 0.5) is 5.69 Å². The minimum atomic E-state index is -1.26. The number of hydrogen-bond acceptors (Lipinski definition) is 7. The van der Waals surface area contributed by atoms with Crippen molar-refractivity contribution in [2.75, 3.05) is 25.3 Å². The van der Waals surface area contributed by atoms with Gasteiger partial charge in [-0.05, 0) is 65.5 Å². The highest BCUT2D eigenvalue weighted by Gasteiger charge is 2.44. The van der Waals surface area contributed by atoms with Crippen molar-refractivity contribution in [3.05, 3.63) is 67.7 Å². The fraction of sp³-hybridized carbons (Fsp3) is 0.308. The number of rotatable bonds is 7.